The van der Waals surface area contributed by atoms with Crippen LogP contribution in [0.2, 0.25) is 0 Å². The third-order valence-electron chi connectivity index (χ3n) is 5.05. The molecule has 0 saturated carbocycles. The van der Waals surface area contributed by atoms with Crippen LogP contribution in [0.15, 0.2) is 48.5 Å². The molecule has 0 radical (unpaired) electrons. The Labute approximate surface area is 157 Å². The van der Waals surface area contributed by atoms with Gasteiger partial charge in [-0.2, -0.15) is 0 Å². The number of rotatable bonds is 5. The molecule has 2 aromatic rings. The third-order valence-corrected chi connectivity index (χ3v) is 5.05. The molecular weight excluding hydrogens is 349 g/mol. The number of hydrogen-bond donors (Lipinski definition) is 1. The molecule has 3 rings (SSSR count). The highest BCUT2D eigenvalue weighted by molar-refractivity contribution is 5.87. The first-order chi connectivity index (χ1) is 12.9. The Morgan fingerprint density at radius 2 is 1.81 bits per heavy atom. The Hall–Kier alpha value is -2.89. The number of carboxylic acids is 1. The molecule has 1 fully saturated rings. The first kappa shape index (κ1) is 18.9. The second-order valence-electron chi connectivity index (χ2n) is 6.76. The van der Waals surface area contributed by atoms with Crippen LogP contribution in [-0.4, -0.2) is 42.1 Å². The zero-order chi connectivity index (χ0) is 19.4. The van der Waals surface area contributed by atoms with E-state index in [0.29, 0.717) is 24.4 Å². The lowest BCUT2D eigenvalue weighted by Crippen LogP contribution is -2.43. The molecule has 2 aromatic carbocycles. The minimum atomic E-state index is -1.46. The SMILES string of the molecule is COc1cccc(C2(F)CCN(C(=O)Cc3ccc(C(=O)O)cc3)CC2)c1. The molecule has 0 spiro atoms. The molecule has 1 saturated heterocycles. The number of amides is 1. The zero-order valence-corrected chi connectivity index (χ0v) is 15.2. The van der Waals surface area contributed by atoms with Crippen molar-refractivity contribution in [1.29, 1.82) is 0 Å². The molecule has 5 nitrogen and oxygen atoms in total. The molecule has 1 N–H and O–H groups in total. The van der Waals surface area contributed by atoms with E-state index in [-0.39, 0.29) is 30.7 Å². The van der Waals surface area contributed by atoms with Crippen molar-refractivity contribution in [2.75, 3.05) is 20.2 Å². The van der Waals surface area contributed by atoms with Crippen molar-refractivity contribution in [3.05, 3.63) is 65.2 Å². The van der Waals surface area contributed by atoms with Crippen LogP contribution < -0.4 is 4.74 Å². The predicted molar refractivity (Wildman–Crippen MR) is 98.7 cm³/mol. The van der Waals surface area contributed by atoms with Crippen LogP contribution in [-0.2, 0) is 16.9 Å². The van der Waals surface area contributed by atoms with Crippen LogP contribution in [0, 0.1) is 0 Å². The second-order valence-corrected chi connectivity index (χ2v) is 6.76. The number of piperidine rings is 1. The van der Waals surface area contributed by atoms with Crippen LogP contribution in [0.25, 0.3) is 0 Å². The van der Waals surface area contributed by atoms with E-state index >= 15 is 4.39 Å². The van der Waals surface area contributed by atoms with Gasteiger partial charge in [0, 0.05) is 25.9 Å². The highest BCUT2D eigenvalue weighted by atomic mass is 19.1. The van der Waals surface area contributed by atoms with E-state index in [2.05, 4.69) is 0 Å². The van der Waals surface area contributed by atoms with E-state index in [1.165, 1.54) is 12.1 Å². The van der Waals surface area contributed by atoms with E-state index in [9.17, 15) is 9.59 Å². The third kappa shape index (κ3) is 4.27. The summed E-state index contributed by atoms with van der Waals surface area (Å²) in [6, 6.07) is 13.3. The Kier molecular flexibility index (Phi) is 5.44. The van der Waals surface area contributed by atoms with Crippen LogP contribution in [0.3, 0.4) is 0 Å². The first-order valence-corrected chi connectivity index (χ1v) is 8.85. The van der Waals surface area contributed by atoms with Crippen molar-refractivity contribution >= 4 is 11.9 Å². The monoisotopic (exact) mass is 371 g/mol. The lowest BCUT2D eigenvalue weighted by Gasteiger charge is -2.37. The van der Waals surface area contributed by atoms with Crippen LogP contribution in [0.4, 0.5) is 4.39 Å². The van der Waals surface area contributed by atoms with Gasteiger partial charge in [0.05, 0.1) is 19.1 Å². The molecule has 1 heterocycles. The zero-order valence-electron chi connectivity index (χ0n) is 15.2. The van der Waals surface area contributed by atoms with E-state index in [1.807, 2.05) is 0 Å². The number of carbonyl (C=O) groups excluding carboxylic acids is 1. The molecule has 1 aliphatic heterocycles. The van der Waals surface area contributed by atoms with Gasteiger partial charge in [0.25, 0.3) is 0 Å². The maximum atomic E-state index is 15.4. The van der Waals surface area contributed by atoms with Gasteiger partial charge in [-0.1, -0.05) is 24.3 Å². The van der Waals surface area contributed by atoms with Gasteiger partial charge in [-0.05, 0) is 35.4 Å². The molecule has 142 valence electrons. The Balaban J connectivity index is 1.61. The number of benzene rings is 2. The fourth-order valence-electron chi connectivity index (χ4n) is 3.35. The molecule has 1 amide bonds. The number of likely N-dealkylation sites (tertiary alicyclic amines) is 1. The minimum absolute atomic E-state index is 0.0780. The number of methoxy groups -OCH3 is 1. The van der Waals surface area contributed by atoms with Crippen molar-refractivity contribution < 1.29 is 23.8 Å². The fourth-order valence-corrected chi connectivity index (χ4v) is 3.35. The number of nitrogens with zero attached hydrogens (tertiary/aromatic N) is 1. The smallest absolute Gasteiger partial charge is 0.335 e. The molecule has 0 aliphatic carbocycles. The molecular formula is C21H22FNO4. The summed E-state index contributed by atoms with van der Waals surface area (Å²) in [5.74, 6) is -0.459. The maximum absolute atomic E-state index is 15.4. The van der Waals surface area contributed by atoms with Gasteiger partial charge < -0.3 is 14.7 Å². The van der Waals surface area contributed by atoms with Crippen LogP contribution in [0.5, 0.6) is 5.75 Å². The van der Waals surface area contributed by atoms with Crippen molar-refractivity contribution in [3.8, 4) is 5.75 Å². The van der Waals surface area contributed by atoms with E-state index < -0.39 is 11.6 Å². The van der Waals surface area contributed by atoms with Gasteiger partial charge in [-0.3, -0.25) is 4.79 Å². The van der Waals surface area contributed by atoms with Gasteiger partial charge in [0.1, 0.15) is 11.4 Å². The van der Waals surface area contributed by atoms with Gasteiger partial charge in [-0.15, -0.1) is 0 Å². The van der Waals surface area contributed by atoms with E-state index in [0.717, 1.165) is 5.56 Å². The van der Waals surface area contributed by atoms with Gasteiger partial charge in [0.2, 0.25) is 5.91 Å². The summed E-state index contributed by atoms with van der Waals surface area (Å²) in [6.45, 7) is 0.694. The number of carboxylic acid groups (broad SMARTS) is 1. The topological polar surface area (TPSA) is 66.8 Å². The molecule has 0 bridgehead atoms. The van der Waals surface area contributed by atoms with Gasteiger partial charge in [-0.25, -0.2) is 9.18 Å². The largest absolute Gasteiger partial charge is 0.497 e. The van der Waals surface area contributed by atoms with E-state index in [4.69, 9.17) is 9.84 Å². The lowest BCUT2D eigenvalue weighted by molar-refractivity contribution is -0.133. The summed E-state index contributed by atoms with van der Waals surface area (Å²) in [7, 11) is 1.55. The molecule has 27 heavy (non-hydrogen) atoms. The Bertz CT molecular complexity index is 826. The molecule has 0 atom stereocenters. The standard InChI is InChI=1S/C21H22FNO4/c1-27-18-4-2-3-17(14-18)21(22)9-11-23(12-10-21)19(24)13-15-5-7-16(8-6-15)20(25)26/h2-8,14H,9-13H2,1H3,(H,25,26). The predicted octanol–water partition coefficient (Wildman–Crippen LogP) is 3.42. The van der Waals surface area contributed by atoms with E-state index in [1.54, 1.807) is 48.4 Å². The first-order valence-electron chi connectivity index (χ1n) is 8.85. The lowest BCUT2D eigenvalue weighted by atomic mass is 9.86. The Morgan fingerprint density at radius 3 is 2.41 bits per heavy atom. The summed E-state index contributed by atoms with van der Waals surface area (Å²) >= 11 is 0. The number of aromatic carboxylic acids is 1. The molecule has 1 aliphatic rings. The average molecular weight is 371 g/mol. The summed E-state index contributed by atoms with van der Waals surface area (Å²) in [4.78, 5) is 25.1. The normalized spacial score (nSPS) is 16.0. The van der Waals surface area contributed by atoms with Crippen molar-refractivity contribution in [2.24, 2.45) is 0 Å². The summed E-state index contributed by atoms with van der Waals surface area (Å²) in [5, 5.41) is 8.92. The molecule has 0 unspecified atom stereocenters. The van der Waals surface area contributed by atoms with Crippen molar-refractivity contribution in [1.82, 2.24) is 4.90 Å². The highest BCUT2D eigenvalue weighted by Crippen LogP contribution is 2.38. The van der Waals surface area contributed by atoms with Crippen molar-refractivity contribution in [3.63, 3.8) is 0 Å². The van der Waals surface area contributed by atoms with Crippen LogP contribution in [0.1, 0.15) is 34.3 Å². The van der Waals surface area contributed by atoms with Crippen molar-refractivity contribution in [2.45, 2.75) is 24.9 Å². The average Bonchev–Trinajstić information content (AvgIpc) is 2.69. The van der Waals surface area contributed by atoms with Gasteiger partial charge in [0.15, 0.2) is 0 Å². The summed E-state index contributed by atoms with van der Waals surface area (Å²) in [5.41, 5.74) is 0.0480. The molecule has 6 heteroatoms. The quantitative estimate of drug-likeness (QED) is 0.875. The number of carbonyl (C=O) groups is 2. The van der Waals surface area contributed by atoms with Crippen LogP contribution >= 0.6 is 0 Å². The second kappa shape index (κ2) is 7.78. The highest BCUT2D eigenvalue weighted by Gasteiger charge is 2.37. The summed E-state index contributed by atoms with van der Waals surface area (Å²) < 4.78 is 20.5. The number of hydrogen-bond acceptors (Lipinski definition) is 3. The minimum Gasteiger partial charge on any atom is -0.497 e. The van der Waals surface area contributed by atoms with Gasteiger partial charge >= 0.3 is 5.97 Å². The summed E-state index contributed by atoms with van der Waals surface area (Å²) in [6.07, 6.45) is 0.659. The number of ether oxygens (including phenoxy) is 1. The number of halogens is 1. The maximum Gasteiger partial charge on any atom is 0.335 e. The Morgan fingerprint density at radius 1 is 1.15 bits per heavy atom. The number of alkyl halides is 1. The fraction of sp³-hybridized carbons (Fsp3) is 0.333. The molecule has 0 aromatic heterocycles.